The second kappa shape index (κ2) is 10.2. The van der Waals surface area contributed by atoms with E-state index in [9.17, 15) is 13.2 Å². The molecule has 0 bridgehead atoms. The highest BCUT2D eigenvalue weighted by Crippen LogP contribution is 2.16. The first-order valence-electron chi connectivity index (χ1n) is 6.72. The van der Waals surface area contributed by atoms with E-state index >= 15 is 0 Å². The average molecular weight is 296 g/mol. The molecule has 0 saturated carbocycles. The summed E-state index contributed by atoms with van der Waals surface area (Å²) >= 11 is 0. The number of unbranched alkanes of at least 4 members (excludes halogenated alkanes) is 4. The Hall–Kier alpha value is -0.660. The van der Waals surface area contributed by atoms with E-state index in [4.69, 9.17) is 9.66 Å². The van der Waals surface area contributed by atoms with Crippen molar-refractivity contribution < 1.29 is 27.1 Å². The molecule has 0 aliphatic rings. The molecular weight excluding hydrogens is 272 g/mol. The minimum Gasteiger partial charge on any atom is -0.481 e. The highest BCUT2D eigenvalue weighted by molar-refractivity contribution is 7.80. The van der Waals surface area contributed by atoms with Crippen LogP contribution < -0.4 is 0 Å². The number of carboxylic acid groups (broad SMARTS) is 1. The van der Waals surface area contributed by atoms with Gasteiger partial charge in [-0.15, -0.1) is 0 Å². The zero-order chi connectivity index (χ0) is 14.7. The first-order valence-corrected chi connectivity index (χ1v) is 8.09. The molecule has 2 N–H and O–H groups in total. The molecule has 0 heterocycles. The van der Waals surface area contributed by atoms with E-state index in [-0.39, 0.29) is 6.42 Å². The summed E-state index contributed by atoms with van der Waals surface area (Å²) in [5.74, 6) is -0.796. The van der Waals surface area contributed by atoms with Gasteiger partial charge in [-0.1, -0.05) is 39.0 Å². The number of rotatable bonds is 12. The molecule has 0 saturated heterocycles. The van der Waals surface area contributed by atoms with Crippen LogP contribution >= 0.6 is 0 Å². The van der Waals surface area contributed by atoms with E-state index in [2.05, 4.69) is 4.18 Å². The Morgan fingerprint density at radius 1 is 1.11 bits per heavy atom. The molecule has 0 spiro atoms. The second-order valence-corrected chi connectivity index (χ2v) is 5.68. The van der Waals surface area contributed by atoms with Gasteiger partial charge in [-0.05, 0) is 19.3 Å². The Bertz CT molecular complexity index is 338. The van der Waals surface area contributed by atoms with E-state index in [0.29, 0.717) is 19.3 Å². The molecule has 0 radical (unpaired) electrons. The van der Waals surface area contributed by atoms with Gasteiger partial charge in [0, 0.05) is 6.42 Å². The van der Waals surface area contributed by atoms with Crippen LogP contribution in [0.5, 0.6) is 0 Å². The van der Waals surface area contributed by atoms with Crippen LogP contribution in [0.4, 0.5) is 0 Å². The van der Waals surface area contributed by atoms with Crippen molar-refractivity contribution in [2.45, 2.75) is 70.8 Å². The summed E-state index contributed by atoms with van der Waals surface area (Å²) < 4.78 is 34.7. The monoisotopic (exact) mass is 296 g/mol. The van der Waals surface area contributed by atoms with Gasteiger partial charge in [-0.25, -0.2) is 4.18 Å². The van der Waals surface area contributed by atoms with Crippen LogP contribution in [0, 0.1) is 0 Å². The quantitative estimate of drug-likeness (QED) is 0.424. The average Bonchev–Trinajstić information content (AvgIpc) is 2.28. The lowest BCUT2D eigenvalue weighted by molar-refractivity contribution is -0.137. The molecule has 1 unspecified atom stereocenters. The summed E-state index contributed by atoms with van der Waals surface area (Å²) in [5.41, 5.74) is 0. The lowest BCUT2D eigenvalue weighted by Crippen LogP contribution is -2.18. The fraction of sp³-hybridized carbons (Fsp3) is 0.917. The molecule has 19 heavy (non-hydrogen) atoms. The Morgan fingerprint density at radius 2 is 1.68 bits per heavy atom. The van der Waals surface area contributed by atoms with Crippen LogP contribution in [0.25, 0.3) is 0 Å². The van der Waals surface area contributed by atoms with Gasteiger partial charge in [0.25, 0.3) is 0 Å². The lowest BCUT2D eigenvalue weighted by Gasteiger charge is -2.14. The van der Waals surface area contributed by atoms with Crippen LogP contribution in [-0.2, 0) is 19.4 Å². The SMILES string of the molecule is CCCCC(CCCCCCC(=O)O)OS(=O)(=O)O. The Morgan fingerprint density at radius 3 is 2.21 bits per heavy atom. The maximum Gasteiger partial charge on any atom is 0.397 e. The van der Waals surface area contributed by atoms with Crippen molar-refractivity contribution >= 4 is 16.4 Å². The van der Waals surface area contributed by atoms with Crippen molar-refractivity contribution in [3.8, 4) is 0 Å². The predicted octanol–water partition coefficient (Wildman–Crippen LogP) is 2.79. The fourth-order valence-corrected chi connectivity index (χ4v) is 2.38. The summed E-state index contributed by atoms with van der Waals surface area (Å²) in [7, 11) is -4.39. The normalized spacial score (nSPS) is 13.4. The van der Waals surface area contributed by atoms with Crippen LogP contribution in [-0.4, -0.2) is 30.2 Å². The maximum atomic E-state index is 10.7. The second-order valence-electron chi connectivity index (χ2n) is 4.63. The number of carbonyl (C=O) groups is 1. The largest absolute Gasteiger partial charge is 0.481 e. The van der Waals surface area contributed by atoms with E-state index in [1.807, 2.05) is 6.92 Å². The molecule has 0 amide bonds. The number of hydrogen-bond donors (Lipinski definition) is 2. The smallest absolute Gasteiger partial charge is 0.397 e. The van der Waals surface area contributed by atoms with Crippen molar-refractivity contribution in [1.29, 1.82) is 0 Å². The van der Waals surface area contributed by atoms with Crippen LogP contribution in [0.3, 0.4) is 0 Å². The van der Waals surface area contributed by atoms with E-state index in [0.717, 1.165) is 32.1 Å². The van der Waals surface area contributed by atoms with Gasteiger partial charge in [0.05, 0.1) is 6.10 Å². The fourth-order valence-electron chi connectivity index (χ4n) is 1.85. The minimum atomic E-state index is -4.39. The first kappa shape index (κ1) is 18.3. The van der Waals surface area contributed by atoms with Gasteiger partial charge in [0.15, 0.2) is 0 Å². The highest BCUT2D eigenvalue weighted by Gasteiger charge is 2.16. The molecule has 0 rings (SSSR count). The van der Waals surface area contributed by atoms with E-state index in [1.54, 1.807) is 0 Å². The van der Waals surface area contributed by atoms with Gasteiger partial charge >= 0.3 is 16.4 Å². The van der Waals surface area contributed by atoms with Gasteiger partial charge in [-0.2, -0.15) is 8.42 Å². The molecule has 1 atom stereocenters. The number of aliphatic carboxylic acids is 1. The summed E-state index contributed by atoms with van der Waals surface area (Å²) in [5, 5.41) is 8.47. The molecule has 0 aliphatic heterocycles. The summed E-state index contributed by atoms with van der Waals surface area (Å²) in [6, 6.07) is 0. The molecule has 0 aromatic carbocycles. The standard InChI is InChI=1S/C12H24O6S/c1-2-3-8-11(18-19(15,16)17)9-6-4-5-7-10-12(13)14/h11H,2-10H2,1H3,(H,13,14)(H,15,16,17). The minimum absolute atomic E-state index is 0.167. The maximum absolute atomic E-state index is 10.7. The molecule has 0 aromatic rings. The molecule has 0 aromatic heterocycles. The highest BCUT2D eigenvalue weighted by atomic mass is 32.3. The van der Waals surface area contributed by atoms with E-state index < -0.39 is 22.5 Å². The number of hydrogen-bond acceptors (Lipinski definition) is 4. The molecule has 0 fully saturated rings. The zero-order valence-electron chi connectivity index (χ0n) is 11.4. The van der Waals surface area contributed by atoms with Gasteiger partial charge in [0.1, 0.15) is 0 Å². The van der Waals surface area contributed by atoms with Gasteiger partial charge in [-0.3, -0.25) is 9.35 Å². The molecule has 114 valence electrons. The van der Waals surface area contributed by atoms with Crippen molar-refractivity contribution in [1.82, 2.24) is 0 Å². The predicted molar refractivity (Wildman–Crippen MR) is 71.3 cm³/mol. The van der Waals surface area contributed by atoms with Crippen LogP contribution in [0.15, 0.2) is 0 Å². The third kappa shape index (κ3) is 13.6. The third-order valence-corrected chi connectivity index (χ3v) is 3.32. The Balaban J connectivity index is 3.82. The molecule has 7 heteroatoms. The van der Waals surface area contributed by atoms with E-state index in [1.165, 1.54) is 0 Å². The summed E-state index contributed by atoms with van der Waals surface area (Å²) in [4.78, 5) is 10.3. The number of carboxylic acids is 1. The first-order chi connectivity index (χ1) is 8.85. The van der Waals surface area contributed by atoms with Crippen molar-refractivity contribution in [3.05, 3.63) is 0 Å². The van der Waals surface area contributed by atoms with Crippen molar-refractivity contribution in [3.63, 3.8) is 0 Å². The summed E-state index contributed by atoms with van der Waals surface area (Å²) in [6.45, 7) is 2.00. The summed E-state index contributed by atoms with van der Waals surface area (Å²) in [6.07, 6.45) is 5.68. The van der Waals surface area contributed by atoms with Crippen molar-refractivity contribution in [2.75, 3.05) is 0 Å². The molecule has 0 aliphatic carbocycles. The van der Waals surface area contributed by atoms with Gasteiger partial charge in [0.2, 0.25) is 0 Å². The van der Waals surface area contributed by atoms with Gasteiger partial charge < -0.3 is 5.11 Å². The lowest BCUT2D eigenvalue weighted by atomic mass is 10.0. The Kier molecular flexibility index (Phi) is 9.81. The molecular formula is C12H24O6S. The zero-order valence-corrected chi connectivity index (χ0v) is 12.2. The molecule has 6 nitrogen and oxygen atoms in total. The third-order valence-electron chi connectivity index (χ3n) is 2.80. The van der Waals surface area contributed by atoms with Crippen LogP contribution in [0.1, 0.15) is 64.7 Å². The topological polar surface area (TPSA) is 101 Å². The van der Waals surface area contributed by atoms with Crippen LogP contribution in [0.2, 0.25) is 0 Å². The van der Waals surface area contributed by atoms with Crippen molar-refractivity contribution in [2.24, 2.45) is 0 Å². The Labute approximate surface area is 115 Å².